The van der Waals surface area contributed by atoms with Crippen molar-refractivity contribution in [1.29, 1.82) is 0 Å². The van der Waals surface area contributed by atoms with Crippen LogP contribution in [0.15, 0.2) is 30.3 Å². The lowest BCUT2D eigenvalue weighted by atomic mass is 9.91. The molecule has 0 atom stereocenters. The van der Waals surface area contributed by atoms with E-state index in [4.69, 9.17) is 10.8 Å². The topological polar surface area (TPSA) is 43.8 Å². The van der Waals surface area contributed by atoms with Crippen LogP contribution < -0.4 is 5.73 Å². The normalized spacial score (nSPS) is 11.5. The predicted molar refractivity (Wildman–Crippen MR) is 85.4 cm³/mol. The number of para-hydroxylation sites is 1. The maximum absolute atomic E-state index is 6.38. The molecule has 0 radical (unpaired) electrons. The Hall–Kier alpha value is -1.77. The van der Waals surface area contributed by atoms with Gasteiger partial charge in [-0.15, -0.1) is 0 Å². The maximum Gasteiger partial charge on any atom is 0.130 e. The highest BCUT2D eigenvalue weighted by atomic mass is 15.3. The van der Waals surface area contributed by atoms with E-state index < -0.39 is 0 Å². The van der Waals surface area contributed by atoms with Gasteiger partial charge in [0, 0.05) is 11.5 Å². The number of aromatic nitrogens is 2. The summed E-state index contributed by atoms with van der Waals surface area (Å²) in [6, 6.07) is 10.1. The molecule has 1 aromatic carbocycles. The van der Waals surface area contributed by atoms with Gasteiger partial charge < -0.3 is 5.73 Å². The predicted octanol–water partition coefficient (Wildman–Crippen LogP) is 4.48. The van der Waals surface area contributed by atoms with Crippen molar-refractivity contribution in [3.05, 3.63) is 41.6 Å². The van der Waals surface area contributed by atoms with Crippen LogP contribution in [0.1, 0.15) is 63.6 Å². The second-order valence-corrected chi connectivity index (χ2v) is 5.60. The lowest BCUT2D eigenvalue weighted by Gasteiger charge is -2.13. The molecule has 0 spiro atoms. The Morgan fingerprint density at radius 1 is 1.10 bits per heavy atom. The van der Waals surface area contributed by atoms with Crippen molar-refractivity contribution >= 4 is 5.82 Å². The van der Waals surface area contributed by atoms with Crippen molar-refractivity contribution in [2.24, 2.45) is 0 Å². The zero-order chi connectivity index (χ0) is 14.7. The minimum absolute atomic E-state index is 0.392. The lowest BCUT2D eigenvalue weighted by Crippen LogP contribution is -2.03. The van der Waals surface area contributed by atoms with Crippen LogP contribution in [-0.4, -0.2) is 9.78 Å². The molecule has 0 saturated heterocycles. The molecule has 108 valence electrons. The summed E-state index contributed by atoms with van der Waals surface area (Å²) in [4.78, 5) is 0. The smallest absolute Gasteiger partial charge is 0.130 e. The lowest BCUT2D eigenvalue weighted by molar-refractivity contribution is 0.604. The highest BCUT2D eigenvalue weighted by Gasteiger charge is 2.23. The molecular weight excluding hydrogens is 246 g/mol. The van der Waals surface area contributed by atoms with Gasteiger partial charge >= 0.3 is 0 Å². The molecule has 0 saturated carbocycles. The molecule has 0 unspecified atom stereocenters. The second kappa shape index (κ2) is 6.12. The zero-order valence-corrected chi connectivity index (χ0v) is 12.9. The van der Waals surface area contributed by atoms with Gasteiger partial charge in [0.15, 0.2) is 0 Å². The third-order valence-corrected chi connectivity index (χ3v) is 3.94. The monoisotopic (exact) mass is 271 g/mol. The van der Waals surface area contributed by atoms with E-state index in [-0.39, 0.29) is 0 Å². The average molecular weight is 271 g/mol. The molecular formula is C17H25N3. The van der Waals surface area contributed by atoms with Gasteiger partial charge in [-0.25, -0.2) is 4.68 Å². The summed E-state index contributed by atoms with van der Waals surface area (Å²) in [5, 5.41) is 4.83. The number of nitrogens with two attached hydrogens (primary N) is 1. The van der Waals surface area contributed by atoms with Crippen LogP contribution in [0, 0.1) is 0 Å². The van der Waals surface area contributed by atoms with Crippen LogP contribution in [0.25, 0.3) is 5.69 Å². The van der Waals surface area contributed by atoms with Crippen molar-refractivity contribution in [3.63, 3.8) is 0 Å². The number of rotatable bonds is 5. The zero-order valence-electron chi connectivity index (χ0n) is 12.9. The number of benzene rings is 1. The van der Waals surface area contributed by atoms with E-state index in [1.165, 1.54) is 11.3 Å². The number of nitrogen functional groups attached to an aromatic ring is 1. The highest BCUT2D eigenvalue weighted by molar-refractivity contribution is 5.52. The first kappa shape index (κ1) is 14.6. The molecule has 3 heteroatoms. The van der Waals surface area contributed by atoms with Gasteiger partial charge in [-0.05, 0) is 30.9 Å². The molecule has 1 aromatic heterocycles. The number of hydrogen-bond acceptors (Lipinski definition) is 2. The maximum atomic E-state index is 6.38. The standard InChI is InChI=1S/C17H25N3/c1-5-13(6-2)16-15(12(3)4)17(18)20(19-16)14-10-8-7-9-11-14/h7-13H,5-6,18H2,1-4H3. The van der Waals surface area contributed by atoms with Crippen LogP contribution in [0.4, 0.5) is 5.82 Å². The first-order chi connectivity index (χ1) is 9.60. The first-order valence-electron chi connectivity index (χ1n) is 7.53. The number of anilines is 1. The molecule has 1 heterocycles. The third-order valence-electron chi connectivity index (χ3n) is 3.94. The molecule has 2 rings (SSSR count). The van der Waals surface area contributed by atoms with Gasteiger partial charge in [0.25, 0.3) is 0 Å². The Morgan fingerprint density at radius 3 is 2.20 bits per heavy atom. The molecule has 0 aliphatic carbocycles. The molecule has 0 amide bonds. The summed E-state index contributed by atoms with van der Waals surface area (Å²) in [5.41, 5.74) is 9.80. The minimum atomic E-state index is 0.392. The van der Waals surface area contributed by atoms with E-state index in [2.05, 4.69) is 27.7 Å². The van der Waals surface area contributed by atoms with Crippen LogP contribution >= 0.6 is 0 Å². The van der Waals surface area contributed by atoms with Gasteiger partial charge in [-0.1, -0.05) is 45.9 Å². The SMILES string of the molecule is CCC(CC)c1nn(-c2ccccc2)c(N)c1C(C)C. The first-order valence-corrected chi connectivity index (χ1v) is 7.53. The van der Waals surface area contributed by atoms with Crippen molar-refractivity contribution in [1.82, 2.24) is 9.78 Å². The van der Waals surface area contributed by atoms with E-state index in [1.807, 2.05) is 35.0 Å². The summed E-state index contributed by atoms with van der Waals surface area (Å²) in [6.07, 6.45) is 2.20. The fraction of sp³-hybridized carbons (Fsp3) is 0.471. The van der Waals surface area contributed by atoms with Gasteiger partial charge in [0.2, 0.25) is 0 Å². The van der Waals surface area contributed by atoms with Crippen LogP contribution in [0.3, 0.4) is 0 Å². The fourth-order valence-electron chi connectivity index (χ4n) is 2.80. The van der Waals surface area contributed by atoms with Crippen LogP contribution in [-0.2, 0) is 0 Å². The Kier molecular flexibility index (Phi) is 4.48. The summed E-state index contributed by atoms with van der Waals surface area (Å²) in [6.45, 7) is 8.81. The molecule has 0 aliphatic heterocycles. The van der Waals surface area contributed by atoms with Crippen molar-refractivity contribution < 1.29 is 0 Å². The third kappa shape index (κ3) is 2.58. The largest absolute Gasteiger partial charge is 0.383 e. The molecule has 0 bridgehead atoms. The molecule has 0 fully saturated rings. The summed E-state index contributed by atoms with van der Waals surface area (Å²) < 4.78 is 1.89. The Labute approximate surface area is 121 Å². The van der Waals surface area contributed by atoms with Crippen molar-refractivity contribution in [2.75, 3.05) is 5.73 Å². The summed E-state index contributed by atoms with van der Waals surface area (Å²) >= 11 is 0. The van der Waals surface area contributed by atoms with Crippen LogP contribution in [0.5, 0.6) is 0 Å². The Balaban J connectivity index is 2.59. The molecule has 20 heavy (non-hydrogen) atoms. The number of nitrogens with zero attached hydrogens (tertiary/aromatic N) is 2. The van der Waals surface area contributed by atoms with Gasteiger partial charge in [-0.3, -0.25) is 0 Å². The molecule has 3 nitrogen and oxygen atoms in total. The summed E-state index contributed by atoms with van der Waals surface area (Å²) in [7, 11) is 0. The van der Waals surface area contributed by atoms with E-state index in [0.29, 0.717) is 11.8 Å². The second-order valence-electron chi connectivity index (χ2n) is 5.60. The van der Waals surface area contributed by atoms with Crippen molar-refractivity contribution in [3.8, 4) is 5.69 Å². The van der Waals surface area contributed by atoms with E-state index in [0.717, 1.165) is 24.3 Å². The van der Waals surface area contributed by atoms with E-state index >= 15 is 0 Å². The van der Waals surface area contributed by atoms with Gasteiger partial charge in [0.1, 0.15) is 5.82 Å². The average Bonchev–Trinajstić information content (AvgIpc) is 2.79. The number of hydrogen-bond donors (Lipinski definition) is 1. The van der Waals surface area contributed by atoms with E-state index in [9.17, 15) is 0 Å². The molecule has 2 aromatic rings. The molecule has 2 N–H and O–H groups in total. The van der Waals surface area contributed by atoms with Crippen LogP contribution in [0.2, 0.25) is 0 Å². The fourth-order valence-corrected chi connectivity index (χ4v) is 2.80. The molecule has 0 aliphatic rings. The quantitative estimate of drug-likeness (QED) is 0.871. The summed E-state index contributed by atoms with van der Waals surface area (Å²) in [5.74, 6) is 1.66. The Bertz CT molecular complexity index is 551. The van der Waals surface area contributed by atoms with Crippen molar-refractivity contribution in [2.45, 2.75) is 52.4 Å². The minimum Gasteiger partial charge on any atom is -0.383 e. The Morgan fingerprint density at radius 2 is 1.70 bits per heavy atom. The van der Waals surface area contributed by atoms with Gasteiger partial charge in [-0.2, -0.15) is 5.10 Å². The van der Waals surface area contributed by atoms with E-state index in [1.54, 1.807) is 0 Å². The highest BCUT2D eigenvalue weighted by Crippen LogP contribution is 2.34. The van der Waals surface area contributed by atoms with Gasteiger partial charge in [0.05, 0.1) is 11.4 Å².